The Bertz CT molecular complexity index is 934. The third kappa shape index (κ3) is 2.76. The lowest BCUT2D eigenvalue weighted by molar-refractivity contribution is -0.406. The Morgan fingerprint density at radius 1 is 1.04 bits per heavy atom. The molecule has 3 heteroatoms. The Kier molecular flexibility index (Phi) is 3.53. The van der Waals surface area contributed by atoms with Crippen LogP contribution in [0.15, 0.2) is 65.9 Å². The normalized spacial score (nSPS) is 19.8. The molecule has 0 saturated carbocycles. The fraction of sp³-hybridized carbons (Fsp3) is 0.227. The highest BCUT2D eigenvalue weighted by molar-refractivity contribution is 5.96. The summed E-state index contributed by atoms with van der Waals surface area (Å²) < 4.78 is 8.37. The molecule has 0 radical (unpaired) electrons. The number of rotatable bonds is 1. The molecule has 1 heterocycles. The van der Waals surface area contributed by atoms with Gasteiger partial charge >= 0.3 is 0 Å². The summed E-state index contributed by atoms with van der Waals surface area (Å²) in [6.45, 7) is 4.50. The van der Waals surface area contributed by atoms with E-state index in [0.717, 1.165) is 23.4 Å². The maximum absolute atomic E-state index is 9.74. The highest BCUT2D eigenvalue weighted by atomic mass is 16.5. The first-order valence-electron chi connectivity index (χ1n) is 8.54. The minimum absolute atomic E-state index is 0.0297. The summed E-state index contributed by atoms with van der Waals surface area (Å²) >= 11 is 0. The number of para-hydroxylation sites is 1. The molecule has 2 aliphatic rings. The summed E-state index contributed by atoms with van der Waals surface area (Å²) in [6.07, 6.45) is 5.24. The lowest BCUT2D eigenvalue weighted by atomic mass is 9.73. The van der Waals surface area contributed by atoms with Gasteiger partial charge in [0.25, 0.3) is 0 Å². The first-order chi connectivity index (χ1) is 11.9. The molecule has 1 N–H and O–H groups in total. The second kappa shape index (κ2) is 5.62. The maximum Gasteiger partial charge on any atom is 0.205 e. The van der Waals surface area contributed by atoms with Gasteiger partial charge in [0, 0.05) is 47.2 Å². The average Bonchev–Trinajstić information content (AvgIpc) is 2.60. The average molecular weight is 332 g/mol. The molecule has 0 fully saturated rings. The Morgan fingerprint density at radius 3 is 2.56 bits per heavy atom. The van der Waals surface area contributed by atoms with Gasteiger partial charge in [-0.1, -0.05) is 32.0 Å². The van der Waals surface area contributed by atoms with Gasteiger partial charge < -0.3 is 9.84 Å². The standard InChI is InChI=1S/C22H21NO2/c1-22(2)14-17(23(3)16-7-5-4-6-8-16)12-21-19(22)11-15-9-10-18(24)13-20(15)25-21/h4-13H,14H2,1-3H3/p+1. The van der Waals surface area contributed by atoms with Crippen LogP contribution in [-0.4, -0.2) is 22.4 Å². The van der Waals surface area contributed by atoms with Crippen molar-refractivity contribution in [2.24, 2.45) is 5.41 Å². The fourth-order valence-corrected chi connectivity index (χ4v) is 3.55. The molecule has 0 saturated heterocycles. The molecular weight excluding hydrogens is 310 g/mol. The van der Waals surface area contributed by atoms with Crippen LogP contribution >= 0.6 is 0 Å². The molecule has 0 spiro atoms. The van der Waals surface area contributed by atoms with E-state index in [0.29, 0.717) is 5.75 Å². The van der Waals surface area contributed by atoms with Gasteiger partial charge in [0.2, 0.25) is 5.69 Å². The molecule has 2 aromatic rings. The third-order valence-electron chi connectivity index (χ3n) is 5.01. The van der Waals surface area contributed by atoms with Crippen LogP contribution in [0.5, 0.6) is 11.5 Å². The molecule has 4 rings (SSSR count). The number of phenols is 1. The second-order valence-corrected chi connectivity index (χ2v) is 7.34. The van der Waals surface area contributed by atoms with Crippen molar-refractivity contribution in [3.8, 4) is 11.5 Å². The van der Waals surface area contributed by atoms with Gasteiger partial charge in [0.1, 0.15) is 24.3 Å². The Morgan fingerprint density at radius 2 is 1.80 bits per heavy atom. The zero-order valence-corrected chi connectivity index (χ0v) is 14.8. The number of benzene rings is 2. The van der Waals surface area contributed by atoms with Crippen molar-refractivity contribution in [2.75, 3.05) is 7.05 Å². The molecular formula is C22H22NO2+. The van der Waals surface area contributed by atoms with E-state index < -0.39 is 0 Å². The number of phenolic OH excluding ortho intramolecular Hbond substituents is 1. The molecule has 126 valence electrons. The first-order valence-corrected chi connectivity index (χ1v) is 8.54. The van der Waals surface area contributed by atoms with Crippen molar-refractivity contribution in [1.29, 1.82) is 0 Å². The van der Waals surface area contributed by atoms with Crippen molar-refractivity contribution in [1.82, 2.24) is 0 Å². The smallest absolute Gasteiger partial charge is 0.205 e. The Balaban J connectivity index is 1.85. The van der Waals surface area contributed by atoms with Crippen molar-refractivity contribution >= 4 is 17.5 Å². The topological polar surface area (TPSA) is 32.5 Å². The largest absolute Gasteiger partial charge is 0.508 e. The van der Waals surface area contributed by atoms with E-state index in [4.69, 9.17) is 4.74 Å². The molecule has 3 nitrogen and oxygen atoms in total. The molecule has 0 bridgehead atoms. The molecule has 25 heavy (non-hydrogen) atoms. The predicted molar refractivity (Wildman–Crippen MR) is 100 cm³/mol. The zero-order chi connectivity index (χ0) is 17.6. The third-order valence-corrected chi connectivity index (χ3v) is 5.01. The molecule has 0 amide bonds. The van der Waals surface area contributed by atoms with Crippen LogP contribution in [0.1, 0.15) is 25.8 Å². The highest BCUT2D eigenvalue weighted by Gasteiger charge is 2.38. The van der Waals surface area contributed by atoms with Gasteiger partial charge in [-0.25, -0.2) is 0 Å². The van der Waals surface area contributed by atoms with Gasteiger partial charge in [0.15, 0.2) is 5.71 Å². The molecule has 1 aliphatic heterocycles. The maximum atomic E-state index is 9.74. The van der Waals surface area contributed by atoms with Gasteiger partial charge in [-0.05, 0) is 18.2 Å². The first kappa shape index (κ1) is 15.7. The van der Waals surface area contributed by atoms with Crippen LogP contribution in [-0.2, 0) is 0 Å². The van der Waals surface area contributed by atoms with Crippen LogP contribution in [0.25, 0.3) is 6.08 Å². The Hall–Kier alpha value is -2.81. The van der Waals surface area contributed by atoms with Crippen LogP contribution < -0.4 is 4.74 Å². The number of ether oxygens (including phenoxy) is 1. The number of nitrogens with zero attached hydrogens (tertiary/aromatic N) is 1. The van der Waals surface area contributed by atoms with Crippen molar-refractivity contribution in [2.45, 2.75) is 20.3 Å². The van der Waals surface area contributed by atoms with E-state index >= 15 is 0 Å². The van der Waals surface area contributed by atoms with Gasteiger partial charge in [-0.2, -0.15) is 4.58 Å². The predicted octanol–water partition coefficient (Wildman–Crippen LogP) is 4.90. The van der Waals surface area contributed by atoms with Gasteiger partial charge in [-0.15, -0.1) is 0 Å². The molecule has 0 unspecified atom stereocenters. The van der Waals surface area contributed by atoms with Crippen LogP contribution in [0.3, 0.4) is 0 Å². The van der Waals surface area contributed by atoms with E-state index in [2.05, 4.69) is 61.9 Å². The molecule has 1 aliphatic carbocycles. The van der Waals surface area contributed by atoms with E-state index in [1.165, 1.54) is 11.3 Å². The summed E-state index contributed by atoms with van der Waals surface area (Å²) in [5.41, 5.74) is 4.56. The van der Waals surface area contributed by atoms with Crippen LogP contribution in [0.2, 0.25) is 0 Å². The lowest BCUT2D eigenvalue weighted by Crippen LogP contribution is -2.31. The monoisotopic (exact) mass is 332 g/mol. The highest BCUT2D eigenvalue weighted by Crippen LogP contribution is 2.46. The van der Waals surface area contributed by atoms with Gasteiger partial charge in [-0.3, -0.25) is 0 Å². The van der Waals surface area contributed by atoms with E-state index in [1.807, 2.05) is 12.1 Å². The Labute approximate surface area is 148 Å². The number of hydrogen-bond donors (Lipinski definition) is 1. The van der Waals surface area contributed by atoms with Crippen LogP contribution in [0, 0.1) is 5.41 Å². The molecule has 2 aromatic carbocycles. The van der Waals surface area contributed by atoms with E-state index in [-0.39, 0.29) is 11.2 Å². The minimum Gasteiger partial charge on any atom is -0.508 e. The van der Waals surface area contributed by atoms with Crippen LogP contribution in [0.4, 0.5) is 5.69 Å². The summed E-state index contributed by atoms with van der Waals surface area (Å²) in [4.78, 5) is 0. The molecule has 0 aromatic heterocycles. The second-order valence-electron chi connectivity index (χ2n) is 7.34. The summed E-state index contributed by atoms with van der Waals surface area (Å²) in [5.74, 6) is 1.79. The van der Waals surface area contributed by atoms with Crippen molar-refractivity contribution in [3.05, 3.63) is 71.5 Å². The number of hydrogen-bond acceptors (Lipinski definition) is 2. The number of fused-ring (bicyclic) bond motifs is 2. The summed E-state index contributed by atoms with van der Waals surface area (Å²) in [7, 11) is 2.09. The van der Waals surface area contributed by atoms with Gasteiger partial charge in [0.05, 0.1) is 0 Å². The van der Waals surface area contributed by atoms with E-state index in [1.54, 1.807) is 12.1 Å². The van der Waals surface area contributed by atoms with Crippen molar-refractivity contribution < 1.29 is 14.4 Å². The van der Waals surface area contributed by atoms with Crippen molar-refractivity contribution in [3.63, 3.8) is 0 Å². The number of aromatic hydroxyl groups is 1. The SMILES string of the molecule is C[N+](=C1C=C2Oc3cc(O)ccc3C=C2C(C)(C)C1)c1ccccc1. The summed E-state index contributed by atoms with van der Waals surface area (Å²) in [5, 5.41) is 9.74. The quantitative estimate of drug-likeness (QED) is 0.754. The fourth-order valence-electron chi connectivity index (χ4n) is 3.55. The summed E-state index contributed by atoms with van der Waals surface area (Å²) in [6, 6.07) is 15.6. The van der Waals surface area contributed by atoms with E-state index in [9.17, 15) is 5.11 Å². The number of allylic oxidation sites excluding steroid dienone is 2. The minimum atomic E-state index is -0.0297. The zero-order valence-electron chi connectivity index (χ0n) is 14.8. The lowest BCUT2D eigenvalue weighted by Gasteiger charge is -2.35. The molecule has 0 atom stereocenters.